The number of nitrogens with one attached hydrogen (secondary N) is 1. The Balaban J connectivity index is 1.72. The summed E-state index contributed by atoms with van der Waals surface area (Å²) in [5.74, 6) is -0.0658. The molecule has 1 aliphatic rings. The van der Waals surface area contributed by atoms with E-state index in [2.05, 4.69) is 21.2 Å². The van der Waals surface area contributed by atoms with E-state index in [0.717, 1.165) is 22.2 Å². The lowest BCUT2D eigenvalue weighted by atomic mass is 10.3. The van der Waals surface area contributed by atoms with Crippen LogP contribution in [0.3, 0.4) is 0 Å². The molecule has 0 radical (unpaired) electrons. The van der Waals surface area contributed by atoms with Gasteiger partial charge in [-0.05, 0) is 46.3 Å². The molecule has 1 saturated carbocycles. The van der Waals surface area contributed by atoms with Gasteiger partial charge in [0.15, 0.2) is 0 Å². The molecule has 1 fully saturated rings. The number of carbonyl (C=O) groups is 1. The monoisotopic (exact) mass is 339 g/mol. The molecule has 3 rings (SSSR count). The lowest BCUT2D eigenvalue weighted by Gasteiger charge is -2.08. The maximum atomic E-state index is 12.2. The van der Waals surface area contributed by atoms with Gasteiger partial charge in [-0.15, -0.1) is 11.3 Å². The predicted octanol–water partition coefficient (Wildman–Crippen LogP) is 3.16. The van der Waals surface area contributed by atoms with Crippen LogP contribution in [0.25, 0.3) is 0 Å². The molecule has 0 aliphatic heterocycles. The summed E-state index contributed by atoms with van der Waals surface area (Å²) in [5.41, 5.74) is 7.10. The number of carbonyl (C=O) groups excluding carboxylic acids is 1. The number of nitrogens with zero attached hydrogens (tertiary/aromatic N) is 1. The highest BCUT2D eigenvalue weighted by atomic mass is 79.9. The van der Waals surface area contributed by atoms with Gasteiger partial charge in [-0.2, -0.15) is 0 Å². The number of amides is 1. The quantitative estimate of drug-likeness (QED) is 0.898. The summed E-state index contributed by atoms with van der Waals surface area (Å²) >= 11 is 5.08. The van der Waals surface area contributed by atoms with E-state index >= 15 is 0 Å². The number of aromatic nitrogens is 1. The summed E-state index contributed by atoms with van der Waals surface area (Å²) in [6.45, 7) is 0.535. The van der Waals surface area contributed by atoms with E-state index in [0.29, 0.717) is 24.0 Å². The van der Waals surface area contributed by atoms with Gasteiger partial charge in [0.25, 0.3) is 5.91 Å². The van der Waals surface area contributed by atoms with Crippen molar-refractivity contribution in [3.63, 3.8) is 0 Å². The van der Waals surface area contributed by atoms with Crippen LogP contribution in [0.2, 0.25) is 0 Å². The van der Waals surface area contributed by atoms with E-state index in [9.17, 15) is 4.79 Å². The van der Waals surface area contributed by atoms with Crippen molar-refractivity contribution in [2.45, 2.75) is 25.4 Å². The first-order valence-corrected chi connectivity index (χ1v) is 7.80. The van der Waals surface area contributed by atoms with Crippen LogP contribution < -0.4 is 11.1 Å². The molecule has 2 aromatic rings. The fraction of sp³-hybridized carbons (Fsp3) is 0.308. The van der Waals surface area contributed by atoms with E-state index in [-0.39, 0.29) is 5.91 Å². The van der Waals surface area contributed by atoms with Gasteiger partial charge >= 0.3 is 0 Å². The van der Waals surface area contributed by atoms with Crippen molar-refractivity contribution in [3.05, 3.63) is 38.8 Å². The van der Waals surface area contributed by atoms with Gasteiger partial charge < -0.3 is 15.6 Å². The van der Waals surface area contributed by atoms with Crippen LogP contribution in [0.15, 0.2) is 28.2 Å². The van der Waals surface area contributed by atoms with Crippen molar-refractivity contribution >= 4 is 38.9 Å². The molecule has 0 spiro atoms. The van der Waals surface area contributed by atoms with Crippen LogP contribution in [0.5, 0.6) is 0 Å². The Morgan fingerprint density at radius 1 is 1.58 bits per heavy atom. The van der Waals surface area contributed by atoms with Crippen LogP contribution in [0, 0.1) is 0 Å². The highest BCUT2D eigenvalue weighted by molar-refractivity contribution is 9.10. The average molecular weight is 340 g/mol. The zero-order chi connectivity index (χ0) is 13.4. The minimum atomic E-state index is -0.0658. The summed E-state index contributed by atoms with van der Waals surface area (Å²) in [6, 6.07) is 4.18. The molecule has 2 aromatic heterocycles. The molecule has 0 atom stereocenters. The Bertz CT molecular complexity index is 615. The topological polar surface area (TPSA) is 60.1 Å². The molecule has 6 heteroatoms. The molecular weight excluding hydrogens is 326 g/mol. The summed E-state index contributed by atoms with van der Waals surface area (Å²) in [4.78, 5) is 13.3. The third-order valence-electron chi connectivity index (χ3n) is 3.14. The van der Waals surface area contributed by atoms with Gasteiger partial charge in [0.2, 0.25) is 0 Å². The molecule has 0 aromatic carbocycles. The average Bonchev–Trinajstić information content (AvgIpc) is 3.04. The summed E-state index contributed by atoms with van der Waals surface area (Å²) in [5, 5.41) is 4.94. The lowest BCUT2D eigenvalue weighted by molar-refractivity contribution is 0.0942. The van der Waals surface area contributed by atoms with Crippen LogP contribution in [-0.4, -0.2) is 10.5 Å². The van der Waals surface area contributed by atoms with Crippen LogP contribution >= 0.6 is 27.3 Å². The third kappa shape index (κ3) is 2.69. The normalized spacial score (nSPS) is 14.6. The Kier molecular flexibility index (Phi) is 3.36. The number of anilines is 1. The van der Waals surface area contributed by atoms with E-state index < -0.39 is 0 Å². The first-order chi connectivity index (χ1) is 9.15. The van der Waals surface area contributed by atoms with E-state index in [1.165, 1.54) is 0 Å². The number of nitrogens with two attached hydrogens (primary N) is 1. The summed E-state index contributed by atoms with van der Waals surface area (Å²) in [6.07, 6.45) is 4.11. The molecule has 0 unspecified atom stereocenters. The van der Waals surface area contributed by atoms with Crippen LogP contribution in [-0.2, 0) is 6.54 Å². The van der Waals surface area contributed by atoms with Crippen molar-refractivity contribution in [1.29, 1.82) is 0 Å². The highest BCUT2D eigenvalue weighted by Crippen LogP contribution is 2.37. The summed E-state index contributed by atoms with van der Waals surface area (Å²) < 4.78 is 3.03. The van der Waals surface area contributed by atoms with Crippen LogP contribution in [0.4, 0.5) is 5.69 Å². The van der Waals surface area contributed by atoms with Gasteiger partial charge in [0.1, 0.15) is 5.69 Å². The first-order valence-electron chi connectivity index (χ1n) is 6.12. The van der Waals surface area contributed by atoms with Gasteiger partial charge in [-0.3, -0.25) is 4.79 Å². The molecule has 100 valence electrons. The van der Waals surface area contributed by atoms with Gasteiger partial charge in [0, 0.05) is 21.6 Å². The molecule has 1 amide bonds. The first kappa shape index (κ1) is 12.7. The Labute approximate surface area is 123 Å². The zero-order valence-corrected chi connectivity index (χ0v) is 12.6. The second-order valence-electron chi connectivity index (χ2n) is 4.67. The van der Waals surface area contributed by atoms with Crippen molar-refractivity contribution in [3.8, 4) is 0 Å². The fourth-order valence-corrected chi connectivity index (χ4v) is 3.47. The van der Waals surface area contributed by atoms with Crippen molar-refractivity contribution in [2.75, 3.05) is 5.73 Å². The number of rotatable bonds is 4. The minimum absolute atomic E-state index is 0.0658. The van der Waals surface area contributed by atoms with Gasteiger partial charge in [-0.1, -0.05) is 0 Å². The number of nitrogen functional groups attached to an aromatic ring is 1. The standard InChI is InChI=1S/C13H14BrN3OS/c14-10-3-4-19-12(10)6-16-13(18)11-5-8(15)7-17(11)9-1-2-9/h3-5,7,9H,1-2,6,15H2,(H,16,18). The fourth-order valence-electron chi connectivity index (χ4n) is 2.04. The molecule has 19 heavy (non-hydrogen) atoms. The Hall–Kier alpha value is -1.27. The SMILES string of the molecule is Nc1cc(C(=O)NCc2sccc2Br)n(C2CC2)c1. The molecule has 4 nitrogen and oxygen atoms in total. The molecule has 2 heterocycles. The largest absolute Gasteiger partial charge is 0.397 e. The number of hydrogen-bond donors (Lipinski definition) is 2. The van der Waals surface area contributed by atoms with E-state index in [4.69, 9.17) is 5.73 Å². The molecule has 0 bridgehead atoms. The number of hydrogen-bond acceptors (Lipinski definition) is 3. The maximum Gasteiger partial charge on any atom is 0.268 e. The van der Waals surface area contributed by atoms with Crippen LogP contribution in [0.1, 0.15) is 34.2 Å². The maximum absolute atomic E-state index is 12.2. The Morgan fingerprint density at radius 3 is 3.00 bits per heavy atom. The highest BCUT2D eigenvalue weighted by Gasteiger charge is 2.27. The molecule has 0 saturated heterocycles. The Morgan fingerprint density at radius 2 is 2.37 bits per heavy atom. The second-order valence-corrected chi connectivity index (χ2v) is 6.53. The smallest absolute Gasteiger partial charge is 0.268 e. The van der Waals surface area contributed by atoms with Gasteiger partial charge in [0.05, 0.1) is 12.2 Å². The number of halogens is 1. The number of thiophene rings is 1. The van der Waals surface area contributed by atoms with Crippen molar-refractivity contribution < 1.29 is 4.79 Å². The zero-order valence-electron chi connectivity index (χ0n) is 10.2. The van der Waals surface area contributed by atoms with E-state index in [1.807, 2.05) is 22.2 Å². The van der Waals surface area contributed by atoms with Crippen molar-refractivity contribution in [1.82, 2.24) is 9.88 Å². The molecule has 1 aliphatic carbocycles. The second kappa shape index (κ2) is 5.02. The summed E-state index contributed by atoms with van der Waals surface area (Å²) in [7, 11) is 0. The van der Waals surface area contributed by atoms with E-state index in [1.54, 1.807) is 17.4 Å². The van der Waals surface area contributed by atoms with Crippen molar-refractivity contribution in [2.24, 2.45) is 0 Å². The lowest BCUT2D eigenvalue weighted by Crippen LogP contribution is -2.24. The third-order valence-corrected chi connectivity index (χ3v) is 5.07. The van der Waals surface area contributed by atoms with Gasteiger partial charge in [-0.25, -0.2) is 0 Å². The molecular formula is C13H14BrN3OS. The predicted molar refractivity (Wildman–Crippen MR) is 80.3 cm³/mol. The minimum Gasteiger partial charge on any atom is -0.397 e. The molecule has 3 N–H and O–H groups in total.